The maximum atomic E-state index is 13.0. The summed E-state index contributed by atoms with van der Waals surface area (Å²) in [6, 6.07) is 8.07. The van der Waals surface area contributed by atoms with Crippen molar-refractivity contribution in [3.8, 4) is 0 Å². The van der Waals surface area contributed by atoms with E-state index in [0.717, 1.165) is 6.07 Å². The van der Waals surface area contributed by atoms with Gasteiger partial charge in [-0.05, 0) is 30.3 Å². The van der Waals surface area contributed by atoms with Crippen molar-refractivity contribution < 1.29 is 27.6 Å². The van der Waals surface area contributed by atoms with Crippen LogP contribution in [0.1, 0.15) is 36.6 Å². The van der Waals surface area contributed by atoms with Gasteiger partial charge in [-0.3, -0.25) is 14.4 Å². The number of nitrogens with two attached hydrogens (primary N) is 1. The van der Waals surface area contributed by atoms with Gasteiger partial charge in [0.15, 0.2) is 0 Å². The minimum atomic E-state index is -4.76. The van der Waals surface area contributed by atoms with E-state index in [1.54, 1.807) is 0 Å². The molecule has 0 aliphatic carbocycles. The summed E-state index contributed by atoms with van der Waals surface area (Å²) in [6.45, 7) is 0. The van der Waals surface area contributed by atoms with Gasteiger partial charge in [-0.2, -0.15) is 13.2 Å². The van der Waals surface area contributed by atoms with Crippen LogP contribution in [0.4, 0.5) is 18.9 Å². The van der Waals surface area contributed by atoms with Crippen molar-refractivity contribution in [2.45, 2.75) is 6.18 Å². The molecule has 1 aliphatic heterocycles. The third-order valence-electron chi connectivity index (χ3n) is 3.58. The minimum Gasteiger partial charge on any atom is -0.366 e. The molecule has 0 saturated heterocycles. The van der Waals surface area contributed by atoms with Crippen LogP contribution in [0.2, 0.25) is 0 Å². The van der Waals surface area contributed by atoms with E-state index in [1.807, 2.05) is 0 Å². The fraction of sp³-hybridized carbons (Fsp3) is 0.0625. The van der Waals surface area contributed by atoms with E-state index in [2.05, 4.69) is 0 Å². The van der Waals surface area contributed by atoms with E-state index in [1.165, 1.54) is 24.3 Å². The number of halogens is 3. The van der Waals surface area contributed by atoms with Crippen LogP contribution in [0.15, 0.2) is 42.5 Å². The quantitative estimate of drug-likeness (QED) is 0.857. The van der Waals surface area contributed by atoms with Gasteiger partial charge in [-0.1, -0.05) is 12.1 Å². The van der Waals surface area contributed by atoms with Gasteiger partial charge >= 0.3 is 6.18 Å². The molecule has 0 unspecified atom stereocenters. The molecule has 1 aliphatic rings. The second kappa shape index (κ2) is 5.19. The Morgan fingerprint density at radius 1 is 0.958 bits per heavy atom. The van der Waals surface area contributed by atoms with E-state index >= 15 is 0 Å². The number of carbonyl (C=O) groups is 3. The minimum absolute atomic E-state index is 0.0838. The van der Waals surface area contributed by atoms with Gasteiger partial charge in [0.25, 0.3) is 11.8 Å². The lowest BCUT2D eigenvalue weighted by Gasteiger charge is -2.17. The van der Waals surface area contributed by atoms with Gasteiger partial charge in [0.2, 0.25) is 5.91 Å². The summed E-state index contributed by atoms with van der Waals surface area (Å²) < 4.78 is 39.0. The predicted octanol–water partition coefficient (Wildman–Crippen LogP) is 2.60. The largest absolute Gasteiger partial charge is 0.416 e. The number of alkyl halides is 3. The SMILES string of the molecule is NC(=O)c1cc(N2C(=O)c3ccccc3C2=O)cc(C(F)(F)F)c1. The fourth-order valence-corrected chi connectivity index (χ4v) is 2.47. The van der Waals surface area contributed by atoms with Crippen LogP contribution in [0, 0.1) is 0 Å². The van der Waals surface area contributed by atoms with Gasteiger partial charge in [-0.25, -0.2) is 4.90 Å². The molecule has 2 N–H and O–H groups in total. The molecule has 2 aromatic carbocycles. The fourth-order valence-electron chi connectivity index (χ4n) is 2.47. The van der Waals surface area contributed by atoms with Gasteiger partial charge in [0, 0.05) is 5.56 Å². The lowest BCUT2D eigenvalue weighted by Crippen LogP contribution is -2.30. The Hall–Kier alpha value is -3.16. The maximum Gasteiger partial charge on any atom is 0.416 e. The first kappa shape index (κ1) is 15.7. The molecule has 1 heterocycles. The van der Waals surface area contributed by atoms with Gasteiger partial charge in [0.05, 0.1) is 22.4 Å². The number of rotatable bonds is 2. The van der Waals surface area contributed by atoms with E-state index in [0.29, 0.717) is 17.0 Å². The average molecular weight is 334 g/mol. The van der Waals surface area contributed by atoms with Crippen LogP contribution in [-0.2, 0) is 6.18 Å². The van der Waals surface area contributed by atoms with Crippen LogP contribution < -0.4 is 10.6 Å². The number of imide groups is 1. The molecule has 0 atom stereocenters. The molecule has 0 saturated carbocycles. The molecule has 3 amide bonds. The Morgan fingerprint density at radius 2 is 1.50 bits per heavy atom. The van der Waals surface area contributed by atoms with Crippen molar-refractivity contribution in [3.05, 3.63) is 64.7 Å². The van der Waals surface area contributed by atoms with Crippen LogP contribution >= 0.6 is 0 Å². The Balaban J connectivity index is 2.17. The summed E-state index contributed by atoms with van der Waals surface area (Å²) in [5.41, 5.74) is 3.24. The second-order valence-electron chi connectivity index (χ2n) is 5.12. The molecule has 24 heavy (non-hydrogen) atoms. The zero-order valence-electron chi connectivity index (χ0n) is 11.9. The number of nitrogens with zero attached hydrogens (tertiary/aromatic N) is 1. The van der Waals surface area contributed by atoms with E-state index in [-0.39, 0.29) is 16.8 Å². The highest BCUT2D eigenvalue weighted by atomic mass is 19.4. The molecule has 0 fully saturated rings. The van der Waals surface area contributed by atoms with Crippen molar-refractivity contribution in [2.75, 3.05) is 4.90 Å². The number of carbonyl (C=O) groups excluding carboxylic acids is 3. The normalized spacial score (nSPS) is 14.0. The number of anilines is 1. The van der Waals surface area contributed by atoms with Gasteiger partial charge < -0.3 is 5.73 Å². The van der Waals surface area contributed by atoms with Crippen molar-refractivity contribution in [1.29, 1.82) is 0 Å². The average Bonchev–Trinajstić information content (AvgIpc) is 2.78. The molecule has 0 bridgehead atoms. The Labute approximate surface area is 133 Å². The zero-order valence-corrected chi connectivity index (χ0v) is 11.9. The summed E-state index contributed by atoms with van der Waals surface area (Å²) in [6.07, 6.45) is -4.76. The first-order valence-corrected chi connectivity index (χ1v) is 6.70. The Bertz CT molecular complexity index is 855. The standard InChI is InChI=1S/C16H9F3N2O3/c17-16(18,19)9-5-8(13(20)22)6-10(7-9)21-14(23)11-3-1-2-4-12(11)15(21)24/h1-7H,(H2,20,22). The lowest BCUT2D eigenvalue weighted by atomic mass is 10.1. The molecular formula is C16H9F3N2O3. The molecular weight excluding hydrogens is 325 g/mol. The van der Waals surface area contributed by atoms with Crippen LogP contribution in [0.25, 0.3) is 0 Å². The molecule has 5 nitrogen and oxygen atoms in total. The van der Waals surface area contributed by atoms with Crippen molar-refractivity contribution in [3.63, 3.8) is 0 Å². The topological polar surface area (TPSA) is 80.5 Å². The highest BCUT2D eigenvalue weighted by Gasteiger charge is 2.38. The van der Waals surface area contributed by atoms with Gasteiger partial charge in [-0.15, -0.1) is 0 Å². The van der Waals surface area contributed by atoms with Crippen LogP contribution in [0.5, 0.6) is 0 Å². The van der Waals surface area contributed by atoms with Crippen LogP contribution in [0.3, 0.4) is 0 Å². The number of benzene rings is 2. The smallest absolute Gasteiger partial charge is 0.366 e. The first-order valence-electron chi connectivity index (χ1n) is 6.70. The predicted molar refractivity (Wildman–Crippen MR) is 77.5 cm³/mol. The third-order valence-corrected chi connectivity index (χ3v) is 3.58. The van der Waals surface area contributed by atoms with Crippen molar-refractivity contribution >= 4 is 23.4 Å². The highest BCUT2D eigenvalue weighted by molar-refractivity contribution is 6.34. The summed E-state index contributed by atoms with van der Waals surface area (Å²) in [7, 11) is 0. The summed E-state index contributed by atoms with van der Waals surface area (Å²) >= 11 is 0. The first-order chi connectivity index (χ1) is 11.2. The number of amides is 3. The van der Waals surface area contributed by atoms with E-state index < -0.39 is 35.0 Å². The van der Waals surface area contributed by atoms with Gasteiger partial charge in [0.1, 0.15) is 0 Å². The Morgan fingerprint density at radius 3 is 1.96 bits per heavy atom. The van der Waals surface area contributed by atoms with Crippen molar-refractivity contribution in [1.82, 2.24) is 0 Å². The lowest BCUT2D eigenvalue weighted by molar-refractivity contribution is -0.137. The number of hydrogen-bond donors (Lipinski definition) is 1. The molecule has 2 aromatic rings. The van der Waals surface area contributed by atoms with Crippen molar-refractivity contribution in [2.24, 2.45) is 5.73 Å². The summed E-state index contributed by atoms with van der Waals surface area (Å²) in [5.74, 6) is -2.62. The third kappa shape index (κ3) is 2.41. The molecule has 0 radical (unpaired) electrons. The monoisotopic (exact) mass is 334 g/mol. The molecule has 0 aromatic heterocycles. The second-order valence-corrected chi connectivity index (χ2v) is 5.12. The number of hydrogen-bond acceptors (Lipinski definition) is 3. The molecule has 122 valence electrons. The molecule has 3 rings (SSSR count). The number of primary amides is 1. The molecule has 8 heteroatoms. The van der Waals surface area contributed by atoms with E-state index in [4.69, 9.17) is 5.73 Å². The van der Waals surface area contributed by atoms with E-state index in [9.17, 15) is 27.6 Å². The van der Waals surface area contributed by atoms with Crippen LogP contribution in [-0.4, -0.2) is 17.7 Å². The Kier molecular flexibility index (Phi) is 3.40. The maximum absolute atomic E-state index is 13.0. The molecule has 0 spiro atoms. The highest BCUT2D eigenvalue weighted by Crippen LogP contribution is 2.35. The summed E-state index contributed by atoms with van der Waals surface area (Å²) in [5, 5.41) is 0. The number of fused-ring (bicyclic) bond motifs is 1. The summed E-state index contributed by atoms with van der Waals surface area (Å²) in [4.78, 5) is 36.6. The zero-order chi connectivity index (χ0) is 17.6.